The standard InChI is InChI=1S/C16H24N2O3/c1-2-16(13-4-3-5-14(10-13)18(20)21)17-11-12-6-8-15(19)9-7-12/h3-5,10,12,15-17,19H,2,6-9,11H2,1H3. The second-order valence-corrected chi connectivity index (χ2v) is 5.90. The topological polar surface area (TPSA) is 75.4 Å². The summed E-state index contributed by atoms with van der Waals surface area (Å²) in [6.07, 6.45) is 4.66. The molecule has 1 aromatic carbocycles. The summed E-state index contributed by atoms with van der Waals surface area (Å²) in [5, 5.41) is 23.9. The molecule has 1 atom stereocenters. The highest BCUT2D eigenvalue weighted by Gasteiger charge is 2.20. The Morgan fingerprint density at radius 1 is 1.38 bits per heavy atom. The fourth-order valence-corrected chi connectivity index (χ4v) is 3.01. The zero-order valence-electron chi connectivity index (χ0n) is 12.5. The van der Waals surface area contributed by atoms with Crippen LogP contribution in [0.2, 0.25) is 0 Å². The first kappa shape index (κ1) is 15.9. The zero-order chi connectivity index (χ0) is 15.2. The summed E-state index contributed by atoms with van der Waals surface area (Å²) in [6, 6.07) is 7.02. The van der Waals surface area contributed by atoms with E-state index in [4.69, 9.17) is 0 Å². The molecule has 0 aliphatic heterocycles. The highest BCUT2D eigenvalue weighted by atomic mass is 16.6. The van der Waals surface area contributed by atoms with Crippen molar-refractivity contribution in [1.29, 1.82) is 0 Å². The SMILES string of the molecule is CCC(NCC1CCC(O)CC1)c1cccc([N+](=O)[O-])c1. The van der Waals surface area contributed by atoms with Crippen LogP contribution in [0.4, 0.5) is 5.69 Å². The molecule has 2 rings (SSSR count). The van der Waals surface area contributed by atoms with Gasteiger partial charge >= 0.3 is 0 Å². The van der Waals surface area contributed by atoms with Gasteiger partial charge < -0.3 is 10.4 Å². The number of nitrogens with one attached hydrogen (secondary N) is 1. The van der Waals surface area contributed by atoms with Crippen LogP contribution >= 0.6 is 0 Å². The first-order valence-corrected chi connectivity index (χ1v) is 7.76. The molecular weight excluding hydrogens is 268 g/mol. The molecule has 1 aromatic rings. The first-order chi connectivity index (χ1) is 10.1. The third-order valence-corrected chi connectivity index (χ3v) is 4.36. The van der Waals surface area contributed by atoms with Crippen molar-refractivity contribution < 1.29 is 10.0 Å². The Morgan fingerprint density at radius 3 is 2.71 bits per heavy atom. The Balaban J connectivity index is 1.93. The van der Waals surface area contributed by atoms with Crippen LogP contribution in [0.3, 0.4) is 0 Å². The van der Waals surface area contributed by atoms with Crippen molar-refractivity contribution in [3.63, 3.8) is 0 Å². The number of benzene rings is 1. The molecular formula is C16H24N2O3. The lowest BCUT2D eigenvalue weighted by Crippen LogP contribution is -2.30. The van der Waals surface area contributed by atoms with E-state index in [-0.39, 0.29) is 22.8 Å². The van der Waals surface area contributed by atoms with Gasteiger partial charge in [-0.15, -0.1) is 0 Å². The van der Waals surface area contributed by atoms with Crippen LogP contribution in [0.1, 0.15) is 50.6 Å². The van der Waals surface area contributed by atoms with Gasteiger partial charge in [0.15, 0.2) is 0 Å². The second kappa shape index (κ2) is 7.52. The van der Waals surface area contributed by atoms with Crippen LogP contribution in [0.25, 0.3) is 0 Å². The quantitative estimate of drug-likeness (QED) is 0.623. The molecule has 1 fully saturated rings. The lowest BCUT2D eigenvalue weighted by molar-refractivity contribution is -0.384. The van der Waals surface area contributed by atoms with Crippen LogP contribution in [0, 0.1) is 16.0 Å². The molecule has 0 heterocycles. The van der Waals surface area contributed by atoms with Gasteiger partial charge in [-0.25, -0.2) is 0 Å². The minimum absolute atomic E-state index is 0.125. The number of hydrogen-bond donors (Lipinski definition) is 2. The Morgan fingerprint density at radius 2 is 2.10 bits per heavy atom. The summed E-state index contributed by atoms with van der Waals surface area (Å²) in [6.45, 7) is 3.00. The lowest BCUT2D eigenvalue weighted by Gasteiger charge is -2.27. The van der Waals surface area contributed by atoms with Crippen molar-refractivity contribution in [1.82, 2.24) is 5.32 Å². The van der Waals surface area contributed by atoms with Gasteiger partial charge in [-0.1, -0.05) is 19.1 Å². The number of hydrogen-bond acceptors (Lipinski definition) is 4. The molecule has 5 heteroatoms. The van der Waals surface area contributed by atoms with Crippen LogP contribution in [0.5, 0.6) is 0 Å². The Labute approximate surface area is 125 Å². The van der Waals surface area contributed by atoms with Crippen molar-refractivity contribution in [2.45, 2.75) is 51.2 Å². The zero-order valence-corrected chi connectivity index (χ0v) is 12.5. The van der Waals surface area contributed by atoms with E-state index in [2.05, 4.69) is 12.2 Å². The number of non-ortho nitro benzene ring substituents is 1. The maximum absolute atomic E-state index is 10.9. The van der Waals surface area contributed by atoms with E-state index in [0.717, 1.165) is 44.2 Å². The van der Waals surface area contributed by atoms with Crippen molar-refractivity contribution >= 4 is 5.69 Å². The molecule has 21 heavy (non-hydrogen) atoms. The van der Waals surface area contributed by atoms with Crippen LogP contribution in [0.15, 0.2) is 24.3 Å². The van der Waals surface area contributed by atoms with Gasteiger partial charge in [-0.3, -0.25) is 10.1 Å². The molecule has 0 spiro atoms. The summed E-state index contributed by atoms with van der Waals surface area (Å²) < 4.78 is 0. The average molecular weight is 292 g/mol. The van der Waals surface area contributed by atoms with Crippen LogP contribution in [-0.2, 0) is 0 Å². The monoisotopic (exact) mass is 292 g/mol. The van der Waals surface area contributed by atoms with E-state index in [1.807, 2.05) is 6.07 Å². The first-order valence-electron chi connectivity index (χ1n) is 7.76. The molecule has 1 aliphatic carbocycles. The summed E-state index contributed by atoms with van der Waals surface area (Å²) in [5.74, 6) is 0.598. The van der Waals surface area contributed by atoms with Crippen LogP contribution < -0.4 is 5.32 Å². The normalized spacial score (nSPS) is 23.7. The lowest BCUT2D eigenvalue weighted by atomic mass is 9.87. The summed E-state index contributed by atoms with van der Waals surface area (Å²) >= 11 is 0. The van der Waals surface area contributed by atoms with Crippen molar-refractivity contribution in [2.24, 2.45) is 5.92 Å². The van der Waals surface area contributed by atoms with E-state index in [1.54, 1.807) is 12.1 Å². The highest BCUT2D eigenvalue weighted by Crippen LogP contribution is 2.26. The van der Waals surface area contributed by atoms with Crippen molar-refractivity contribution in [3.05, 3.63) is 39.9 Å². The molecule has 5 nitrogen and oxygen atoms in total. The van der Waals surface area contributed by atoms with Gasteiger partial charge in [0.2, 0.25) is 0 Å². The smallest absolute Gasteiger partial charge is 0.269 e. The molecule has 0 bridgehead atoms. The van der Waals surface area contributed by atoms with Crippen LogP contribution in [-0.4, -0.2) is 22.7 Å². The number of nitro benzene ring substituents is 1. The third kappa shape index (κ3) is 4.51. The third-order valence-electron chi connectivity index (χ3n) is 4.36. The highest BCUT2D eigenvalue weighted by molar-refractivity contribution is 5.35. The number of nitro groups is 1. The summed E-state index contributed by atoms with van der Waals surface area (Å²) in [7, 11) is 0. The summed E-state index contributed by atoms with van der Waals surface area (Å²) in [4.78, 5) is 10.5. The minimum Gasteiger partial charge on any atom is -0.393 e. The molecule has 0 saturated heterocycles. The fraction of sp³-hybridized carbons (Fsp3) is 0.625. The molecule has 2 N–H and O–H groups in total. The molecule has 0 amide bonds. The molecule has 1 unspecified atom stereocenters. The molecule has 0 aromatic heterocycles. The van der Waals surface area contributed by atoms with Gasteiger partial charge in [0.1, 0.15) is 0 Å². The Hall–Kier alpha value is -1.46. The van der Waals surface area contributed by atoms with Gasteiger partial charge in [-0.05, 0) is 50.1 Å². The maximum Gasteiger partial charge on any atom is 0.269 e. The Bertz CT molecular complexity index is 470. The predicted molar refractivity (Wildman–Crippen MR) is 82.1 cm³/mol. The fourth-order valence-electron chi connectivity index (χ4n) is 3.01. The average Bonchev–Trinajstić information content (AvgIpc) is 2.50. The molecule has 1 aliphatic rings. The maximum atomic E-state index is 10.9. The van der Waals surface area contributed by atoms with E-state index in [1.165, 1.54) is 6.07 Å². The minimum atomic E-state index is -0.348. The van der Waals surface area contributed by atoms with Crippen molar-refractivity contribution in [2.75, 3.05) is 6.54 Å². The number of aliphatic hydroxyl groups excluding tert-OH is 1. The van der Waals surface area contributed by atoms with Gasteiger partial charge in [0.05, 0.1) is 11.0 Å². The Kier molecular flexibility index (Phi) is 5.70. The van der Waals surface area contributed by atoms with Crippen molar-refractivity contribution in [3.8, 4) is 0 Å². The van der Waals surface area contributed by atoms with Gasteiger partial charge in [-0.2, -0.15) is 0 Å². The van der Waals surface area contributed by atoms with E-state index in [9.17, 15) is 15.2 Å². The largest absolute Gasteiger partial charge is 0.393 e. The summed E-state index contributed by atoms with van der Waals surface area (Å²) in [5.41, 5.74) is 1.12. The number of rotatable bonds is 6. The van der Waals surface area contributed by atoms with Gasteiger partial charge in [0, 0.05) is 18.2 Å². The van der Waals surface area contributed by atoms with E-state index < -0.39 is 0 Å². The predicted octanol–water partition coefficient (Wildman–Crippen LogP) is 3.19. The van der Waals surface area contributed by atoms with E-state index >= 15 is 0 Å². The van der Waals surface area contributed by atoms with Gasteiger partial charge in [0.25, 0.3) is 5.69 Å². The second-order valence-electron chi connectivity index (χ2n) is 5.90. The number of nitrogens with zero attached hydrogens (tertiary/aromatic N) is 1. The van der Waals surface area contributed by atoms with E-state index in [0.29, 0.717) is 5.92 Å². The number of aliphatic hydroxyl groups is 1. The molecule has 116 valence electrons. The molecule has 1 saturated carbocycles. The molecule has 0 radical (unpaired) electrons.